The smallest absolute Gasteiger partial charge is 0.305 e. The summed E-state index contributed by atoms with van der Waals surface area (Å²) >= 11 is 0. The van der Waals surface area contributed by atoms with E-state index in [1.54, 1.807) is 6.08 Å². The van der Waals surface area contributed by atoms with Gasteiger partial charge in [-0.2, -0.15) is 0 Å². The topological polar surface area (TPSA) is 175 Å². The number of hydrogen-bond donors (Lipinski definition) is 6. The Morgan fingerprint density at radius 3 is 1.35 bits per heavy atom. The maximum Gasteiger partial charge on any atom is 0.305 e. The van der Waals surface area contributed by atoms with E-state index >= 15 is 0 Å². The van der Waals surface area contributed by atoms with E-state index in [4.69, 9.17) is 14.2 Å². The largest absolute Gasteiger partial charge is 0.466 e. The van der Waals surface area contributed by atoms with Crippen LogP contribution in [-0.4, -0.2) is 100 Å². The third-order valence-corrected chi connectivity index (χ3v) is 15.0. The molecule has 0 saturated carbocycles. The number of aliphatic hydroxyl groups is 5. The summed E-state index contributed by atoms with van der Waals surface area (Å²) in [6.07, 6.45) is 57.0. The van der Waals surface area contributed by atoms with E-state index in [2.05, 4.69) is 43.5 Å². The zero-order valence-corrected chi connectivity index (χ0v) is 48.5. The number of amides is 1. The number of esters is 1. The Hall–Kier alpha value is -2.12. The van der Waals surface area contributed by atoms with Crippen LogP contribution in [0.15, 0.2) is 36.5 Å². The third-order valence-electron chi connectivity index (χ3n) is 15.0. The van der Waals surface area contributed by atoms with E-state index in [-0.39, 0.29) is 18.5 Å². The van der Waals surface area contributed by atoms with Crippen molar-refractivity contribution in [2.24, 2.45) is 0 Å². The predicted molar refractivity (Wildman–Crippen MR) is 311 cm³/mol. The van der Waals surface area contributed by atoms with Crippen LogP contribution in [0.25, 0.3) is 0 Å². The second kappa shape index (κ2) is 53.9. The molecular formula is C64H119NO10. The fourth-order valence-electron chi connectivity index (χ4n) is 9.92. The van der Waals surface area contributed by atoms with Gasteiger partial charge >= 0.3 is 5.97 Å². The molecule has 0 bridgehead atoms. The molecule has 0 radical (unpaired) electrons. The summed E-state index contributed by atoms with van der Waals surface area (Å²) in [4.78, 5) is 25.1. The Kier molecular flexibility index (Phi) is 50.9. The number of hydrogen-bond acceptors (Lipinski definition) is 10. The van der Waals surface area contributed by atoms with E-state index in [0.29, 0.717) is 19.4 Å². The molecule has 0 aromatic heterocycles. The SMILES string of the molecule is CCCCC/C=C/CC/C=C/C(O)C(COC1OC(CO)C(O)C(O)C1O)NC(=O)CCCCCCCCC/C=C\CCCCCCCCCCCOC(=O)CCCCCCCCCCCCCCCCCCCC. The van der Waals surface area contributed by atoms with Crippen molar-refractivity contribution >= 4 is 11.9 Å². The van der Waals surface area contributed by atoms with E-state index in [0.717, 1.165) is 77.0 Å². The van der Waals surface area contributed by atoms with Crippen LogP contribution in [0.1, 0.15) is 296 Å². The molecule has 1 saturated heterocycles. The van der Waals surface area contributed by atoms with Crippen molar-refractivity contribution < 1.29 is 49.3 Å². The molecule has 6 N–H and O–H groups in total. The first-order valence-corrected chi connectivity index (χ1v) is 31.8. The fraction of sp³-hybridized carbons (Fsp3) is 0.875. The Morgan fingerprint density at radius 2 is 0.867 bits per heavy atom. The normalized spacial score (nSPS) is 18.9. The summed E-state index contributed by atoms with van der Waals surface area (Å²) in [5, 5.41) is 54.2. The molecule has 11 heteroatoms. The zero-order chi connectivity index (χ0) is 54.5. The minimum absolute atomic E-state index is 0.00404. The van der Waals surface area contributed by atoms with Crippen molar-refractivity contribution in [1.29, 1.82) is 0 Å². The lowest BCUT2D eigenvalue weighted by Crippen LogP contribution is -2.60. The number of rotatable bonds is 55. The van der Waals surface area contributed by atoms with Crippen LogP contribution in [0.4, 0.5) is 0 Å². The van der Waals surface area contributed by atoms with Gasteiger partial charge in [0.1, 0.15) is 24.4 Å². The van der Waals surface area contributed by atoms with Crippen LogP contribution in [0.2, 0.25) is 0 Å². The number of nitrogens with one attached hydrogen (secondary N) is 1. The molecule has 0 spiro atoms. The number of unbranched alkanes of at least 4 members (excludes halogenated alkanes) is 37. The van der Waals surface area contributed by atoms with Gasteiger partial charge in [0.15, 0.2) is 6.29 Å². The molecule has 1 fully saturated rings. The quantitative estimate of drug-likeness (QED) is 0.0195. The fourth-order valence-corrected chi connectivity index (χ4v) is 9.92. The Bertz CT molecular complexity index is 1340. The predicted octanol–water partition coefficient (Wildman–Crippen LogP) is 15.1. The van der Waals surface area contributed by atoms with Crippen LogP contribution in [0.5, 0.6) is 0 Å². The van der Waals surface area contributed by atoms with Crippen LogP contribution < -0.4 is 5.32 Å². The highest BCUT2D eigenvalue weighted by atomic mass is 16.7. The Morgan fingerprint density at radius 1 is 0.480 bits per heavy atom. The van der Waals surface area contributed by atoms with E-state index in [9.17, 15) is 35.1 Å². The molecule has 1 aliphatic heterocycles. The van der Waals surface area contributed by atoms with Crippen LogP contribution in [0.3, 0.4) is 0 Å². The summed E-state index contributed by atoms with van der Waals surface area (Å²) in [6.45, 7) is 4.28. The van der Waals surface area contributed by atoms with Gasteiger partial charge in [0, 0.05) is 12.8 Å². The molecular weight excluding hydrogens is 943 g/mol. The molecule has 7 atom stereocenters. The second-order valence-corrected chi connectivity index (χ2v) is 22.1. The first kappa shape index (κ1) is 70.9. The average Bonchev–Trinajstić information content (AvgIpc) is 3.41. The van der Waals surface area contributed by atoms with Gasteiger partial charge in [0.05, 0.1) is 32.0 Å². The molecule has 11 nitrogen and oxygen atoms in total. The Labute approximate surface area is 460 Å². The van der Waals surface area contributed by atoms with E-state index in [1.807, 2.05) is 6.08 Å². The van der Waals surface area contributed by atoms with Crippen molar-refractivity contribution in [2.75, 3.05) is 19.8 Å². The van der Waals surface area contributed by atoms with Crippen molar-refractivity contribution in [3.8, 4) is 0 Å². The summed E-state index contributed by atoms with van der Waals surface area (Å²) in [6, 6.07) is -0.832. The van der Waals surface area contributed by atoms with Crippen LogP contribution in [-0.2, 0) is 23.8 Å². The summed E-state index contributed by atoms with van der Waals surface area (Å²) in [5.74, 6) is -0.207. The number of ether oxygens (including phenoxy) is 3. The first-order valence-electron chi connectivity index (χ1n) is 31.8. The highest BCUT2D eigenvalue weighted by Gasteiger charge is 2.44. The van der Waals surface area contributed by atoms with Crippen molar-refractivity contribution in [3.05, 3.63) is 36.5 Å². The summed E-state index contributed by atoms with van der Waals surface area (Å²) < 4.78 is 16.7. The number of carbonyl (C=O) groups excluding carboxylic acids is 2. The minimum Gasteiger partial charge on any atom is -0.466 e. The first-order chi connectivity index (χ1) is 36.7. The molecule has 1 aliphatic rings. The van der Waals surface area contributed by atoms with Gasteiger partial charge in [0.2, 0.25) is 5.91 Å². The molecule has 7 unspecified atom stereocenters. The minimum atomic E-state index is -1.58. The maximum atomic E-state index is 13.0. The maximum absolute atomic E-state index is 13.0. The van der Waals surface area contributed by atoms with Gasteiger partial charge in [-0.25, -0.2) is 0 Å². The van der Waals surface area contributed by atoms with Gasteiger partial charge in [0.25, 0.3) is 0 Å². The van der Waals surface area contributed by atoms with Gasteiger partial charge in [-0.1, -0.05) is 249 Å². The number of allylic oxidation sites excluding steroid dienone is 5. The van der Waals surface area contributed by atoms with Crippen LogP contribution >= 0.6 is 0 Å². The molecule has 1 rings (SSSR count). The lowest BCUT2D eigenvalue weighted by atomic mass is 9.99. The molecule has 0 aromatic rings. The van der Waals surface area contributed by atoms with E-state index < -0.39 is 49.5 Å². The molecule has 0 aliphatic carbocycles. The Balaban J connectivity index is 1.99. The van der Waals surface area contributed by atoms with Crippen molar-refractivity contribution in [2.45, 2.75) is 339 Å². The lowest BCUT2D eigenvalue weighted by Gasteiger charge is -2.40. The zero-order valence-electron chi connectivity index (χ0n) is 48.5. The molecule has 0 aromatic carbocycles. The third kappa shape index (κ3) is 43.4. The van der Waals surface area contributed by atoms with Crippen LogP contribution in [0, 0.1) is 0 Å². The summed E-state index contributed by atoms with van der Waals surface area (Å²) in [5.41, 5.74) is 0. The number of carbonyl (C=O) groups is 2. The standard InChI is InChI=1S/C64H119NO10/c1-3-5-7-9-11-13-14-15-16-17-23-26-29-32-36-40-44-48-52-60(69)73-53-49-45-41-37-33-30-27-24-21-19-18-20-22-25-28-31-35-39-43-47-51-59(68)65-56(57(67)50-46-42-38-34-12-10-8-6-4-2)55-74-64-63(72)62(71)61(70)58(54-66)75-64/h12,18,20,34,46,50,56-58,61-64,66-67,70-72H,3-11,13-17,19,21-33,35-45,47-49,51-55H2,1-2H3,(H,65,68)/b20-18-,34-12+,50-46+. The van der Waals surface area contributed by atoms with Gasteiger partial charge in [-0.05, 0) is 70.6 Å². The molecule has 75 heavy (non-hydrogen) atoms. The summed E-state index contributed by atoms with van der Waals surface area (Å²) in [7, 11) is 0. The average molecular weight is 1060 g/mol. The molecule has 440 valence electrons. The highest BCUT2D eigenvalue weighted by molar-refractivity contribution is 5.76. The second-order valence-electron chi connectivity index (χ2n) is 22.1. The van der Waals surface area contributed by atoms with Crippen molar-refractivity contribution in [3.63, 3.8) is 0 Å². The highest BCUT2D eigenvalue weighted by Crippen LogP contribution is 2.23. The van der Waals surface area contributed by atoms with Gasteiger partial charge < -0.3 is 45.1 Å². The van der Waals surface area contributed by atoms with Crippen molar-refractivity contribution in [1.82, 2.24) is 5.32 Å². The monoisotopic (exact) mass is 1060 g/mol. The molecule has 1 heterocycles. The van der Waals surface area contributed by atoms with Gasteiger partial charge in [-0.3, -0.25) is 9.59 Å². The van der Waals surface area contributed by atoms with Gasteiger partial charge in [-0.15, -0.1) is 0 Å². The molecule has 1 amide bonds. The lowest BCUT2D eigenvalue weighted by molar-refractivity contribution is -0.302. The van der Waals surface area contributed by atoms with E-state index in [1.165, 1.54) is 193 Å². The number of aliphatic hydroxyl groups excluding tert-OH is 5.